The molecule has 1 fully saturated rings. The minimum atomic E-state index is -0.458. The molecule has 0 unspecified atom stereocenters. The predicted molar refractivity (Wildman–Crippen MR) is 124 cm³/mol. The number of hydrogen-bond donors (Lipinski definition) is 1. The van der Waals surface area contributed by atoms with Crippen molar-refractivity contribution in [2.24, 2.45) is 5.92 Å². The summed E-state index contributed by atoms with van der Waals surface area (Å²) >= 11 is 0. The van der Waals surface area contributed by atoms with Crippen LogP contribution in [0.3, 0.4) is 0 Å². The number of hydrogen-bond acceptors (Lipinski definition) is 3. The molecular weight excluding hydrogens is 419 g/mol. The number of benzene rings is 3. The van der Waals surface area contributed by atoms with Crippen LogP contribution in [0.25, 0.3) is 11.0 Å². The van der Waals surface area contributed by atoms with Crippen LogP contribution in [-0.4, -0.2) is 27.9 Å². The van der Waals surface area contributed by atoms with Gasteiger partial charge in [0.15, 0.2) is 0 Å². The molecule has 0 spiro atoms. The maximum atomic E-state index is 13.5. The number of rotatable bonds is 6. The first-order chi connectivity index (χ1) is 16.1. The van der Waals surface area contributed by atoms with Gasteiger partial charge in [-0.1, -0.05) is 42.5 Å². The fourth-order valence-electron chi connectivity index (χ4n) is 4.31. The Kier molecular flexibility index (Phi) is 5.60. The van der Waals surface area contributed by atoms with Gasteiger partial charge in [0.2, 0.25) is 11.8 Å². The van der Waals surface area contributed by atoms with E-state index in [0.29, 0.717) is 13.1 Å². The highest BCUT2D eigenvalue weighted by Gasteiger charge is 2.36. The quantitative estimate of drug-likeness (QED) is 0.489. The van der Waals surface area contributed by atoms with Crippen molar-refractivity contribution >= 4 is 28.5 Å². The number of aromatic nitrogens is 2. The Balaban J connectivity index is 1.37. The number of para-hydroxylation sites is 3. The minimum Gasteiger partial charge on any atom is -0.347 e. The molecular formula is C26H23FN4O2. The minimum absolute atomic E-state index is 0.0692. The number of imidazole rings is 1. The summed E-state index contributed by atoms with van der Waals surface area (Å²) in [4.78, 5) is 31.9. The summed E-state index contributed by atoms with van der Waals surface area (Å²) < 4.78 is 15.5. The van der Waals surface area contributed by atoms with Gasteiger partial charge in [0.25, 0.3) is 0 Å². The molecule has 2 amide bonds. The van der Waals surface area contributed by atoms with E-state index in [1.54, 1.807) is 23.4 Å². The SMILES string of the molecule is O=C(N[C@@H](Cn1cnc2ccccc21)c1ccc(F)cc1)[C@H]1CC(=O)N(c2ccccc2)C1. The number of halogens is 1. The van der Waals surface area contributed by atoms with Crippen LogP contribution in [0.2, 0.25) is 0 Å². The molecule has 6 nitrogen and oxygen atoms in total. The van der Waals surface area contributed by atoms with Gasteiger partial charge in [-0.05, 0) is 42.0 Å². The van der Waals surface area contributed by atoms with Crippen molar-refractivity contribution in [2.75, 3.05) is 11.4 Å². The molecule has 4 aromatic rings. The van der Waals surface area contributed by atoms with E-state index in [-0.39, 0.29) is 24.1 Å². The third kappa shape index (κ3) is 4.35. The van der Waals surface area contributed by atoms with Crippen molar-refractivity contribution in [2.45, 2.75) is 19.0 Å². The molecule has 1 aromatic heterocycles. The average molecular weight is 442 g/mol. The number of carbonyl (C=O) groups excluding carboxylic acids is 2. The lowest BCUT2D eigenvalue weighted by atomic mass is 10.0. The maximum absolute atomic E-state index is 13.5. The normalized spacial score (nSPS) is 16.8. The number of nitrogens with zero attached hydrogens (tertiary/aromatic N) is 3. The lowest BCUT2D eigenvalue weighted by molar-refractivity contribution is -0.127. The molecule has 0 bridgehead atoms. The Bertz CT molecular complexity index is 1290. The van der Waals surface area contributed by atoms with Gasteiger partial charge in [-0.3, -0.25) is 9.59 Å². The zero-order valence-electron chi connectivity index (χ0n) is 17.9. The van der Waals surface area contributed by atoms with Crippen molar-refractivity contribution in [3.63, 3.8) is 0 Å². The molecule has 1 aliphatic heterocycles. The van der Waals surface area contributed by atoms with Gasteiger partial charge in [-0.25, -0.2) is 9.37 Å². The monoisotopic (exact) mass is 442 g/mol. The van der Waals surface area contributed by atoms with E-state index in [1.165, 1.54) is 12.1 Å². The smallest absolute Gasteiger partial charge is 0.227 e. The lowest BCUT2D eigenvalue weighted by Crippen LogP contribution is -2.37. The molecule has 7 heteroatoms. The molecule has 166 valence electrons. The first kappa shape index (κ1) is 20.9. The van der Waals surface area contributed by atoms with Gasteiger partial charge in [0, 0.05) is 25.2 Å². The van der Waals surface area contributed by atoms with E-state index in [2.05, 4.69) is 10.3 Å². The summed E-state index contributed by atoms with van der Waals surface area (Å²) in [5, 5.41) is 3.10. The molecule has 0 aliphatic carbocycles. The van der Waals surface area contributed by atoms with Crippen LogP contribution < -0.4 is 10.2 Å². The Hall–Kier alpha value is -4.00. The number of fused-ring (bicyclic) bond motifs is 1. The Labute approximate surface area is 190 Å². The summed E-state index contributed by atoms with van der Waals surface area (Å²) in [5.41, 5.74) is 3.39. The zero-order valence-corrected chi connectivity index (χ0v) is 17.9. The highest BCUT2D eigenvalue weighted by Crippen LogP contribution is 2.26. The van der Waals surface area contributed by atoms with Gasteiger partial charge in [-0.2, -0.15) is 0 Å². The second-order valence-corrected chi connectivity index (χ2v) is 8.24. The lowest BCUT2D eigenvalue weighted by Gasteiger charge is -2.22. The summed E-state index contributed by atoms with van der Waals surface area (Å²) in [6, 6.07) is 22.8. The third-order valence-electron chi connectivity index (χ3n) is 6.06. The van der Waals surface area contributed by atoms with Crippen LogP contribution in [0, 0.1) is 11.7 Å². The van der Waals surface area contributed by atoms with Gasteiger partial charge < -0.3 is 14.8 Å². The molecule has 3 aromatic carbocycles. The molecule has 33 heavy (non-hydrogen) atoms. The summed E-state index contributed by atoms with van der Waals surface area (Å²) in [6.45, 7) is 0.764. The summed E-state index contributed by atoms with van der Waals surface area (Å²) in [7, 11) is 0. The zero-order chi connectivity index (χ0) is 22.8. The van der Waals surface area contributed by atoms with Crippen LogP contribution >= 0.6 is 0 Å². The Morgan fingerprint density at radius 2 is 1.76 bits per heavy atom. The van der Waals surface area contributed by atoms with E-state index in [4.69, 9.17) is 0 Å². The molecule has 2 heterocycles. The van der Waals surface area contributed by atoms with Gasteiger partial charge >= 0.3 is 0 Å². The molecule has 0 saturated carbocycles. The maximum Gasteiger partial charge on any atom is 0.227 e. The molecule has 5 rings (SSSR count). The van der Waals surface area contributed by atoms with Gasteiger partial charge in [-0.15, -0.1) is 0 Å². The van der Waals surface area contributed by atoms with Crippen molar-refractivity contribution in [3.05, 3.63) is 96.6 Å². The van der Waals surface area contributed by atoms with Crippen LogP contribution in [0.5, 0.6) is 0 Å². The highest BCUT2D eigenvalue weighted by atomic mass is 19.1. The van der Waals surface area contributed by atoms with E-state index in [0.717, 1.165) is 22.3 Å². The third-order valence-corrected chi connectivity index (χ3v) is 6.06. The van der Waals surface area contributed by atoms with Crippen LogP contribution in [0.15, 0.2) is 85.2 Å². The van der Waals surface area contributed by atoms with Crippen LogP contribution in [0.1, 0.15) is 18.0 Å². The molecule has 0 radical (unpaired) electrons. The van der Waals surface area contributed by atoms with E-state index in [9.17, 15) is 14.0 Å². The first-order valence-corrected chi connectivity index (χ1v) is 10.9. The highest BCUT2D eigenvalue weighted by molar-refractivity contribution is 6.00. The number of anilines is 1. The molecule has 2 atom stereocenters. The Morgan fingerprint density at radius 3 is 2.55 bits per heavy atom. The number of amides is 2. The molecule has 1 N–H and O–H groups in total. The van der Waals surface area contributed by atoms with Crippen LogP contribution in [0.4, 0.5) is 10.1 Å². The predicted octanol–water partition coefficient (Wildman–Crippen LogP) is 4.09. The average Bonchev–Trinajstić information content (AvgIpc) is 3.43. The molecule has 1 aliphatic rings. The number of carbonyl (C=O) groups is 2. The van der Waals surface area contributed by atoms with Crippen molar-refractivity contribution in [3.8, 4) is 0 Å². The van der Waals surface area contributed by atoms with Crippen LogP contribution in [-0.2, 0) is 16.1 Å². The Morgan fingerprint density at radius 1 is 1.03 bits per heavy atom. The van der Waals surface area contributed by atoms with Gasteiger partial charge in [0.05, 0.1) is 29.3 Å². The molecule has 1 saturated heterocycles. The summed E-state index contributed by atoms with van der Waals surface area (Å²) in [6.07, 6.45) is 1.90. The van der Waals surface area contributed by atoms with Crippen molar-refractivity contribution in [1.82, 2.24) is 14.9 Å². The van der Waals surface area contributed by atoms with E-state index in [1.807, 2.05) is 59.2 Å². The number of nitrogens with one attached hydrogen (secondary N) is 1. The van der Waals surface area contributed by atoms with Crippen molar-refractivity contribution < 1.29 is 14.0 Å². The summed E-state index contributed by atoms with van der Waals surface area (Å²) in [5.74, 6) is -1.06. The fraction of sp³-hybridized carbons (Fsp3) is 0.192. The van der Waals surface area contributed by atoms with Crippen molar-refractivity contribution in [1.29, 1.82) is 0 Å². The standard InChI is InChI=1S/C26H23FN4O2/c27-20-12-10-18(11-13-20)23(16-30-17-28-22-8-4-5-9-24(22)30)29-26(33)19-14-25(32)31(15-19)21-6-2-1-3-7-21/h1-13,17,19,23H,14-16H2,(H,29,33)/t19-,23-/m0/s1. The van der Waals surface area contributed by atoms with Gasteiger partial charge in [0.1, 0.15) is 5.82 Å². The van der Waals surface area contributed by atoms with E-state index < -0.39 is 12.0 Å². The fourth-order valence-corrected chi connectivity index (χ4v) is 4.31. The first-order valence-electron chi connectivity index (χ1n) is 10.9. The van der Waals surface area contributed by atoms with E-state index >= 15 is 0 Å². The second kappa shape index (κ2) is 8.86. The topological polar surface area (TPSA) is 67.2 Å². The second-order valence-electron chi connectivity index (χ2n) is 8.24. The largest absolute Gasteiger partial charge is 0.347 e.